The van der Waals surface area contributed by atoms with Crippen molar-refractivity contribution in [3.05, 3.63) is 34.3 Å². The molecular weight excluding hydrogens is 286 g/mol. The van der Waals surface area contributed by atoms with Gasteiger partial charge in [-0.1, -0.05) is 0 Å². The third kappa shape index (κ3) is 3.41. The van der Waals surface area contributed by atoms with Crippen LogP contribution < -0.4 is 4.72 Å². The summed E-state index contributed by atoms with van der Waals surface area (Å²) < 4.78 is 28.2. The van der Waals surface area contributed by atoms with Crippen LogP contribution in [0.2, 0.25) is 0 Å². The molecule has 0 aliphatic heterocycles. The summed E-state index contributed by atoms with van der Waals surface area (Å²) in [6.45, 7) is 2.37. The molecule has 0 radical (unpaired) electrons. The van der Waals surface area contributed by atoms with Crippen LogP contribution in [-0.2, 0) is 23.2 Å². The maximum Gasteiger partial charge on any atom is 0.241 e. The summed E-state index contributed by atoms with van der Waals surface area (Å²) in [7, 11) is -3.56. The fraction of sp³-hybridized carbons (Fsp3) is 0.364. The Bertz CT molecular complexity index is 646. The smallest absolute Gasteiger partial charge is 0.241 e. The number of nitrogens with one attached hydrogen (secondary N) is 1. The minimum absolute atomic E-state index is 0.150. The van der Waals surface area contributed by atoms with E-state index >= 15 is 0 Å². The maximum atomic E-state index is 12.0. The van der Waals surface area contributed by atoms with Crippen LogP contribution in [0.25, 0.3) is 0 Å². The Morgan fingerprint density at radius 2 is 2.32 bits per heavy atom. The van der Waals surface area contributed by atoms with Crippen LogP contribution in [0.5, 0.6) is 0 Å². The number of sulfonamides is 1. The molecule has 0 amide bonds. The average molecular weight is 301 g/mol. The van der Waals surface area contributed by atoms with Gasteiger partial charge in [0.15, 0.2) is 0 Å². The highest BCUT2D eigenvalue weighted by Crippen LogP contribution is 2.21. The zero-order valence-electron chi connectivity index (χ0n) is 10.4. The molecule has 2 aromatic heterocycles. The van der Waals surface area contributed by atoms with Crippen LogP contribution >= 0.6 is 11.3 Å². The summed E-state index contributed by atoms with van der Waals surface area (Å²) in [5.74, 6) is 0. The highest BCUT2D eigenvalue weighted by atomic mass is 32.2. The van der Waals surface area contributed by atoms with Crippen molar-refractivity contribution in [1.82, 2.24) is 14.5 Å². The van der Waals surface area contributed by atoms with E-state index in [0.29, 0.717) is 11.4 Å². The number of aliphatic hydroxyl groups is 1. The van der Waals surface area contributed by atoms with Crippen molar-refractivity contribution in [2.24, 2.45) is 0 Å². The molecule has 0 spiro atoms. The molecule has 0 fully saturated rings. The summed E-state index contributed by atoms with van der Waals surface area (Å²) in [6.07, 6.45) is 3.56. The van der Waals surface area contributed by atoms with Crippen molar-refractivity contribution in [2.75, 3.05) is 6.54 Å². The number of aliphatic hydroxyl groups excluding tert-OH is 1. The highest BCUT2D eigenvalue weighted by molar-refractivity contribution is 7.89. The molecular formula is C11H15N3O3S2. The molecule has 0 atom stereocenters. The van der Waals surface area contributed by atoms with Gasteiger partial charge in [-0.05, 0) is 23.9 Å². The number of thiophene rings is 1. The van der Waals surface area contributed by atoms with Crippen LogP contribution in [0.1, 0.15) is 10.4 Å². The minimum Gasteiger partial charge on any atom is -0.391 e. The average Bonchev–Trinajstić information content (AvgIpc) is 2.97. The Balaban J connectivity index is 1.98. The van der Waals surface area contributed by atoms with E-state index in [1.165, 1.54) is 17.4 Å². The zero-order chi connectivity index (χ0) is 13.9. The Labute approximate surface area is 115 Å². The van der Waals surface area contributed by atoms with Crippen molar-refractivity contribution in [2.45, 2.75) is 25.0 Å². The van der Waals surface area contributed by atoms with E-state index in [2.05, 4.69) is 9.82 Å². The molecule has 2 heterocycles. The second-order valence-electron chi connectivity index (χ2n) is 4.04. The molecule has 0 unspecified atom stereocenters. The van der Waals surface area contributed by atoms with Crippen LogP contribution in [0.15, 0.2) is 28.7 Å². The van der Waals surface area contributed by atoms with E-state index in [-0.39, 0.29) is 18.0 Å². The van der Waals surface area contributed by atoms with Crippen molar-refractivity contribution in [3.8, 4) is 0 Å². The first-order valence-corrected chi connectivity index (χ1v) is 8.05. The van der Waals surface area contributed by atoms with Gasteiger partial charge in [0.05, 0.1) is 24.2 Å². The quantitative estimate of drug-likeness (QED) is 0.823. The van der Waals surface area contributed by atoms with Crippen LogP contribution in [0.4, 0.5) is 0 Å². The van der Waals surface area contributed by atoms with E-state index in [0.717, 1.165) is 5.56 Å². The van der Waals surface area contributed by atoms with Gasteiger partial charge >= 0.3 is 0 Å². The topological polar surface area (TPSA) is 84.2 Å². The molecule has 19 heavy (non-hydrogen) atoms. The molecule has 2 aromatic rings. The fourth-order valence-electron chi connectivity index (χ4n) is 1.65. The predicted octanol–water partition coefficient (Wildman–Crippen LogP) is 0.724. The van der Waals surface area contributed by atoms with Gasteiger partial charge in [0.1, 0.15) is 0 Å². The molecule has 2 rings (SSSR count). The van der Waals surface area contributed by atoms with E-state index in [1.54, 1.807) is 16.3 Å². The number of nitrogens with zero attached hydrogens (tertiary/aromatic N) is 2. The lowest BCUT2D eigenvalue weighted by Crippen LogP contribution is -2.27. The second kappa shape index (κ2) is 5.83. The first-order valence-electron chi connectivity index (χ1n) is 5.69. The summed E-state index contributed by atoms with van der Waals surface area (Å²) in [5, 5.41) is 14.8. The fourth-order valence-corrected chi connectivity index (χ4v) is 3.96. The highest BCUT2D eigenvalue weighted by Gasteiger charge is 2.18. The normalized spacial score (nSPS) is 11.9. The third-order valence-corrected chi connectivity index (χ3v) is 5.11. The first-order chi connectivity index (χ1) is 9.03. The third-order valence-electron chi connectivity index (χ3n) is 2.53. The Morgan fingerprint density at radius 3 is 2.95 bits per heavy atom. The monoisotopic (exact) mass is 301 g/mol. The van der Waals surface area contributed by atoms with Gasteiger partial charge in [-0.3, -0.25) is 4.68 Å². The van der Waals surface area contributed by atoms with Gasteiger partial charge < -0.3 is 5.11 Å². The molecule has 2 N–H and O–H groups in total. The number of hydrogen-bond donors (Lipinski definition) is 2. The summed E-state index contributed by atoms with van der Waals surface area (Å²) in [5.41, 5.74) is 1.03. The Kier molecular flexibility index (Phi) is 4.35. The summed E-state index contributed by atoms with van der Waals surface area (Å²) in [4.78, 5) is 0.596. The molecule has 8 heteroatoms. The SMILES string of the molecule is Cc1cnn(CCNS(=O)(=O)c2ccsc2CO)c1. The van der Waals surface area contributed by atoms with E-state index in [1.807, 2.05) is 13.1 Å². The Hall–Kier alpha value is -1.22. The predicted molar refractivity (Wildman–Crippen MR) is 72.4 cm³/mol. The molecule has 6 nitrogen and oxygen atoms in total. The first kappa shape index (κ1) is 14.2. The zero-order valence-corrected chi connectivity index (χ0v) is 12.0. The minimum atomic E-state index is -3.56. The van der Waals surface area contributed by atoms with E-state index in [4.69, 9.17) is 5.11 Å². The van der Waals surface area contributed by atoms with Gasteiger partial charge in [-0.25, -0.2) is 13.1 Å². The van der Waals surface area contributed by atoms with Gasteiger partial charge in [-0.15, -0.1) is 11.3 Å². The lowest BCUT2D eigenvalue weighted by Gasteiger charge is -2.06. The number of rotatable bonds is 6. The number of aromatic nitrogens is 2. The van der Waals surface area contributed by atoms with E-state index < -0.39 is 10.0 Å². The van der Waals surface area contributed by atoms with Gasteiger partial charge in [0.2, 0.25) is 10.0 Å². The lowest BCUT2D eigenvalue weighted by atomic mass is 10.4. The van der Waals surface area contributed by atoms with E-state index in [9.17, 15) is 8.42 Å². The molecule has 0 aromatic carbocycles. The largest absolute Gasteiger partial charge is 0.391 e. The maximum absolute atomic E-state index is 12.0. The molecule has 0 saturated heterocycles. The molecule has 104 valence electrons. The van der Waals surface area contributed by atoms with Crippen molar-refractivity contribution < 1.29 is 13.5 Å². The van der Waals surface area contributed by atoms with Gasteiger partial charge in [0, 0.05) is 17.6 Å². The van der Waals surface area contributed by atoms with Crippen LogP contribution in [0.3, 0.4) is 0 Å². The number of hydrogen-bond acceptors (Lipinski definition) is 5. The van der Waals surface area contributed by atoms with Crippen LogP contribution in [0, 0.1) is 6.92 Å². The summed E-state index contributed by atoms with van der Waals surface area (Å²) >= 11 is 1.22. The standard InChI is InChI=1S/C11H15N3O3S2/c1-9-6-12-14(7-9)4-3-13-19(16,17)11-2-5-18-10(11)8-15/h2,5-7,13,15H,3-4,8H2,1H3. The lowest BCUT2D eigenvalue weighted by molar-refractivity contribution is 0.282. The molecule has 0 bridgehead atoms. The van der Waals surface area contributed by atoms with Crippen molar-refractivity contribution in [3.63, 3.8) is 0 Å². The van der Waals surface area contributed by atoms with Gasteiger partial charge in [0.25, 0.3) is 0 Å². The summed E-state index contributed by atoms with van der Waals surface area (Å²) in [6, 6.07) is 1.50. The molecule has 0 aliphatic carbocycles. The molecule has 0 aliphatic rings. The Morgan fingerprint density at radius 1 is 1.53 bits per heavy atom. The second-order valence-corrected chi connectivity index (χ2v) is 6.78. The number of aryl methyl sites for hydroxylation is 1. The van der Waals surface area contributed by atoms with Crippen molar-refractivity contribution >= 4 is 21.4 Å². The van der Waals surface area contributed by atoms with Gasteiger partial charge in [-0.2, -0.15) is 5.10 Å². The van der Waals surface area contributed by atoms with Crippen molar-refractivity contribution in [1.29, 1.82) is 0 Å². The van der Waals surface area contributed by atoms with Crippen LogP contribution in [-0.4, -0.2) is 29.8 Å². The molecule has 0 saturated carbocycles.